The molecule has 31 heavy (non-hydrogen) atoms. The molecule has 0 atom stereocenters. The second-order valence-electron chi connectivity index (χ2n) is 6.89. The van der Waals surface area contributed by atoms with Crippen molar-refractivity contribution in [1.82, 2.24) is 29.3 Å². The smallest absolute Gasteiger partial charge is 0.221 e. The number of nitrogen functional groups attached to an aromatic ring is 1. The van der Waals surface area contributed by atoms with Gasteiger partial charge in [0.05, 0.1) is 24.7 Å². The molecule has 0 aliphatic rings. The number of ether oxygens (including phenoxy) is 1. The molecule has 154 valence electrons. The highest BCUT2D eigenvalue weighted by molar-refractivity contribution is 6.01. The zero-order chi connectivity index (χ0) is 21.4. The molecule has 5 aromatic rings. The normalized spacial score (nSPS) is 11.2. The lowest BCUT2D eigenvalue weighted by Crippen LogP contribution is -2.03. The van der Waals surface area contributed by atoms with Crippen LogP contribution in [0.2, 0.25) is 0 Å². The quantitative estimate of drug-likeness (QED) is 0.472. The summed E-state index contributed by atoms with van der Waals surface area (Å²) >= 11 is 0. The summed E-state index contributed by atoms with van der Waals surface area (Å²) in [6.07, 6.45) is 6.75. The van der Waals surface area contributed by atoms with Crippen LogP contribution < -0.4 is 10.5 Å². The lowest BCUT2D eigenvalue weighted by molar-refractivity contribution is 0.400. The molecule has 4 aromatic heterocycles. The van der Waals surface area contributed by atoms with Crippen LogP contribution in [0.4, 0.5) is 10.2 Å². The zero-order valence-corrected chi connectivity index (χ0v) is 16.6. The first kappa shape index (κ1) is 18.7. The van der Waals surface area contributed by atoms with Gasteiger partial charge >= 0.3 is 0 Å². The molecule has 0 unspecified atom stereocenters. The summed E-state index contributed by atoms with van der Waals surface area (Å²) in [5.74, 6) is 0.505. The van der Waals surface area contributed by atoms with E-state index in [-0.39, 0.29) is 5.82 Å². The minimum absolute atomic E-state index is 0.338. The molecular formula is C22H18FN7O. The third-order valence-electron chi connectivity index (χ3n) is 5.01. The molecule has 0 amide bonds. The Morgan fingerprint density at radius 1 is 1.03 bits per heavy atom. The molecule has 0 aliphatic heterocycles. The zero-order valence-electron chi connectivity index (χ0n) is 16.6. The molecule has 0 fully saturated rings. The summed E-state index contributed by atoms with van der Waals surface area (Å²) in [6, 6.07) is 12.1. The molecule has 0 aliphatic carbocycles. The lowest BCUT2D eigenvalue weighted by atomic mass is 10.1. The van der Waals surface area contributed by atoms with Crippen LogP contribution in [0, 0.1) is 5.82 Å². The molecular weight excluding hydrogens is 397 g/mol. The van der Waals surface area contributed by atoms with Gasteiger partial charge in [-0.05, 0) is 30.3 Å². The molecule has 2 N–H and O–H groups in total. The highest BCUT2D eigenvalue weighted by atomic mass is 19.1. The van der Waals surface area contributed by atoms with E-state index in [1.807, 2.05) is 29.0 Å². The molecule has 4 heterocycles. The molecule has 0 saturated carbocycles. The number of fused-ring (bicyclic) bond motifs is 1. The topological polar surface area (TPSA) is 96.7 Å². The Hall–Kier alpha value is -4.27. The van der Waals surface area contributed by atoms with E-state index in [4.69, 9.17) is 10.5 Å². The standard InChI is InChI=1S/C22H18FN7O/c1-31-22-15(5-4-9-25-22)16-12-29(21-19(16)20(24)26-13-27-21)11-14-8-10-30(28-14)18-7-3-2-6-17(18)23/h2-10,12-13H,11H2,1H3,(H2,24,26,27). The van der Waals surface area contributed by atoms with E-state index in [1.54, 1.807) is 37.7 Å². The summed E-state index contributed by atoms with van der Waals surface area (Å²) < 4.78 is 23.0. The van der Waals surface area contributed by atoms with Gasteiger partial charge in [-0.3, -0.25) is 0 Å². The van der Waals surface area contributed by atoms with Crippen LogP contribution in [0.15, 0.2) is 67.4 Å². The summed E-state index contributed by atoms with van der Waals surface area (Å²) in [6.45, 7) is 0.414. The first-order valence-corrected chi connectivity index (χ1v) is 9.54. The maximum atomic E-state index is 14.1. The van der Waals surface area contributed by atoms with Crippen LogP contribution in [0.25, 0.3) is 27.8 Å². The van der Waals surface area contributed by atoms with Gasteiger partial charge in [0, 0.05) is 29.7 Å². The molecule has 5 rings (SSSR count). The Balaban J connectivity index is 1.59. The van der Waals surface area contributed by atoms with Gasteiger partial charge in [0.1, 0.15) is 29.3 Å². The molecule has 9 heteroatoms. The van der Waals surface area contributed by atoms with E-state index in [2.05, 4.69) is 20.1 Å². The van der Waals surface area contributed by atoms with Gasteiger partial charge in [-0.15, -0.1) is 0 Å². The highest BCUT2D eigenvalue weighted by Crippen LogP contribution is 2.36. The molecule has 0 spiro atoms. The first-order chi connectivity index (χ1) is 15.2. The Morgan fingerprint density at radius 2 is 1.90 bits per heavy atom. The van der Waals surface area contributed by atoms with Crippen molar-refractivity contribution in [2.45, 2.75) is 6.54 Å². The summed E-state index contributed by atoms with van der Waals surface area (Å²) in [5, 5.41) is 5.24. The van der Waals surface area contributed by atoms with Gasteiger partial charge < -0.3 is 15.0 Å². The van der Waals surface area contributed by atoms with Crippen molar-refractivity contribution in [2.75, 3.05) is 12.8 Å². The van der Waals surface area contributed by atoms with E-state index < -0.39 is 0 Å². The van der Waals surface area contributed by atoms with Crippen molar-refractivity contribution >= 4 is 16.9 Å². The van der Waals surface area contributed by atoms with Gasteiger partial charge in [-0.25, -0.2) is 24.0 Å². The van der Waals surface area contributed by atoms with Crippen molar-refractivity contribution in [1.29, 1.82) is 0 Å². The summed E-state index contributed by atoms with van der Waals surface area (Å²) in [5.41, 5.74) is 9.58. The summed E-state index contributed by atoms with van der Waals surface area (Å²) in [7, 11) is 1.57. The Morgan fingerprint density at radius 3 is 2.74 bits per heavy atom. The number of benzene rings is 1. The SMILES string of the molecule is COc1ncccc1-c1cn(Cc2ccn(-c3ccccc3F)n2)c2ncnc(N)c12. The minimum Gasteiger partial charge on any atom is -0.481 e. The van der Waals surface area contributed by atoms with Gasteiger partial charge in [0.2, 0.25) is 5.88 Å². The number of para-hydroxylation sites is 1. The molecule has 0 bridgehead atoms. The number of aromatic nitrogens is 6. The molecule has 0 saturated heterocycles. The van der Waals surface area contributed by atoms with Crippen LogP contribution >= 0.6 is 0 Å². The fourth-order valence-corrected chi connectivity index (χ4v) is 3.62. The van der Waals surface area contributed by atoms with Gasteiger partial charge in [0.25, 0.3) is 0 Å². The fraction of sp³-hybridized carbons (Fsp3) is 0.0909. The van der Waals surface area contributed by atoms with E-state index in [1.165, 1.54) is 17.1 Å². The first-order valence-electron chi connectivity index (χ1n) is 9.54. The van der Waals surface area contributed by atoms with E-state index in [0.29, 0.717) is 35.0 Å². The monoisotopic (exact) mass is 415 g/mol. The third-order valence-corrected chi connectivity index (χ3v) is 5.01. The molecule has 1 aromatic carbocycles. The Kier molecular flexibility index (Phi) is 4.55. The van der Waals surface area contributed by atoms with Gasteiger partial charge in [-0.2, -0.15) is 5.10 Å². The number of anilines is 1. The highest BCUT2D eigenvalue weighted by Gasteiger charge is 2.19. The van der Waals surface area contributed by atoms with Crippen molar-refractivity contribution in [3.8, 4) is 22.7 Å². The predicted octanol–water partition coefficient (Wildman–Crippen LogP) is 3.46. The second-order valence-corrected chi connectivity index (χ2v) is 6.89. The summed E-state index contributed by atoms with van der Waals surface area (Å²) in [4.78, 5) is 12.9. The van der Waals surface area contributed by atoms with Crippen molar-refractivity contribution in [3.05, 3.63) is 78.9 Å². The second kappa shape index (κ2) is 7.52. The number of halogens is 1. The van der Waals surface area contributed by atoms with Crippen molar-refractivity contribution in [2.24, 2.45) is 0 Å². The lowest BCUT2D eigenvalue weighted by Gasteiger charge is -2.06. The van der Waals surface area contributed by atoms with Crippen molar-refractivity contribution < 1.29 is 9.13 Å². The minimum atomic E-state index is -0.338. The predicted molar refractivity (Wildman–Crippen MR) is 114 cm³/mol. The Bertz CT molecular complexity index is 1390. The average Bonchev–Trinajstić information content (AvgIpc) is 3.40. The number of hydrogen-bond acceptors (Lipinski definition) is 6. The van der Waals surface area contributed by atoms with Crippen LogP contribution in [0.3, 0.4) is 0 Å². The van der Waals surface area contributed by atoms with E-state index in [0.717, 1.165) is 16.8 Å². The van der Waals surface area contributed by atoms with Gasteiger partial charge in [-0.1, -0.05) is 12.1 Å². The number of hydrogen-bond donors (Lipinski definition) is 1. The third kappa shape index (κ3) is 3.25. The number of pyridine rings is 1. The van der Waals surface area contributed by atoms with E-state index in [9.17, 15) is 4.39 Å². The number of rotatable bonds is 5. The molecule has 0 radical (unpaired) electrons. The number of methoxy groups -OCH3 is 1. The fourth-order valence-electron chi connectivity index (χ4n) is 3.62. The number of nitrogens with two attached hydrogens (primary N) is 1. The van der Waals surface area contributed by atoms with E-state index >= 15 is 0 Å². The van der Waals surface area contributed by atoms with Crippen LogP contribution in [-0.4, -0.2) is 36.4 Å². The van der Waals surface area contributed by atoms with Crippen LogP contribution in [-0.2, 0) is 6.54 Å². The number of nitrogens with zero attached hydrogens (tertiary/aromatic N) is 6. The van der Waals surface area contributed by atoms with Crippen LogP contribution in [0.5, 0.6) is 5.88 Å². The molecule has 8 nitrogen and oxygen atoms in total. The maximum Gasteiger partial charge on any atom is 0.221 e. The Labute approximate surface area is 176 Å². The largest absolute Gasteiger partial charge is 0.481 e. The van der Waals surface area contributed by atoms with Crippen LogP contribution in [0.1, 0.15) is 5.69 Å². The average molecular weight is 415 g/mol. The van der Waals surface area contributed by atoms with Crippen molar-refractivity contribution in [3.63, 3.8) is 0 Å². The maximum absolute atomic E-state index is 14.1. The van der Waals surface area contributed by atoms with Gasteiger partial charge in [0.15, 0.2) is 0 Å².